The SMILES string of the molecule is CC1CC1n1nn[nH]c1=O. The van der Waals surface area contributed by atoms with Crippen LogP contribution in [0.2, 0.25) is 0 Å². The van der Waals surface area contributed by atoms with Crippen molar-refractivity contribution in [3.63, 3.8) is 0 Å². The summed E-state index contributed by atoms with van der Waals surface area (Å²) in [6, 6.07) is 0.297. The Balaban J connectivity index is 2.35. The Kier molecular flexibility index (Phi) is 0.947. The number of hydrogen-bond donors (Lipinski definition) is 1. The van der Waals surface area contributed by atoms with E-state index in [0.717, 1.165) is 6.42 Å². The average molecular weight is 140 g/mol. The summed E-state index contributed by atoms with van der Waals surface area (Å²) in [5, 5.41) is 9.28. The molecule has 2 atom stereocenters. The third-order valence-electron chi connectivity index (χ3n) is 1.88. The highest BCUT2D eigenvalue weighted by atomic mass is 16.2. The molecule has 1 aromatic heterocycles. The molecule has 1 saturated carbocycles. The summed E-state index contributed by atoms with van der Waals surface area (Å²) in [5.41, 5.74) is -0.200. The molecule has 1 aromatic rings. The summed E-state index contributed by atoms with van der Waals surface area (Å²) in [6.07, 6.45) is 1.05. The van der Waals surface area contributed by atoms with Gasteiger partial charge < -0.3 is 0 Å². The van der Waals surface area contributed by atoms with Gasteiger partial charge in [0.05, 0.1) is 6.04 Å². The van der Waals surface area contributed by atoms with E-state index in [1.165, 1.54) is 4.68 Å². The first-order valence-corrected chi connectivity index (χ1v) is 3.29. The molecule has 0 amide bonds. The molecule has 2 rings (SSSR count). The Bertz CT molecular complexity index is 288. The summed E-state index contributed by atoms with van der Waals surface area (Å²) < 4.78 is 1.41. The molecular weight excluding hydrogens is 132 g/mol. The molecule has 1 aliphatic carbocycles. The second kappa shape index (κ2) is 1.68. The smallest absolute Gasteiger partial charge is 0.245 e. The number of H-pyrrole nitrogens is 1. The molecule has 10 heavy (non-hydrogen) atoms. The summed E-state index contributed by atoms with van der Waals surface area (Å²) in [6.45, 7) is 2.09. The van der Waals surface area contributed by atoms with Crippen molar-refractivity contribution < 1.29 is 0 Å². The minimum absolute atomic E-state index is 0.200. The van der Waals surface area contributed by atoms with Crippen LogP contribution < -0.4 is 5.69 Å². The Morgan fingerprint density at radius 2 is 2.50 bits per heavy atom. The van der Waals surface area contributed by atoms with E-state index in [4.69, 9.17) is 0 Å². The minimum Gasteiger partial charge on any atom is -0.245 e. The molecular formula is C5H8N4O. The zero-order valence-electron chi connectivity index (χ0n) is 5.61. The molecule has 2 unspecified atom stereocenters. The highest BCUT2D eigenvalue weighted by Crippen LogP contribution is 2.40. The molecule has 0 saturated heterocycles. The normalized spacial score (nSPS) is 30.5. The fraction of sp³-hybridized carbons (Fsp3) is 0.800. The molecule has 0 spiro atoms. The van der Waals surface area contributed by atoms with Gasteiger partial charge in [-0.25, -0.2) is 9.89 Å². The summed E-state index contributed by atoms with van der Waals surface area (Å²) in [5.74, 6) is 0.586. The number of rotatable bonds is 1. The second-order valence-electron chi connectivity index (χ2n) is 2.73. The van der Waals surface area contributed by atoms with Crippen LogP contribution in [-0.2, 0) is 0 Å². The van der Waals surface area contributed by atoms with Gasteiger partial charge in [0.25, 0.3) is 0 Å². The van der Waals surface area contributed by atoms with Crippen LogP contribution in [0.5, 0.6) is 0 Å². The molecule has 0 bridgehead atoms. The lowest BCUT2D eigenvalue weighted by atomic mass is 10.5. The van der Waals surface area contributed by atoms with Crippen LogP contribution in [0.4, 0.5) is 0 Å². The molecule has 1 fully saturated rings. The summed E-state index contributed by atoms with van der Waals surface area (Å²) in [7, 11) is 0. The van der Waals surface area contributed by atoms with Crippen LogP contribution in [0.3, 0.4) is 0 Å². The highest BCUT2D eigenvalue weighted by molar-refractivity contribution is 4.86. The van der Waals surface area contributed by atoms with E-state index in [-0.39, 0.29) is 5.69 Å². The van der Waals surface area contributed by atoms with Crippen molar-refractivity contribution in [2.45, 2.75) is 19.4 Å². The van der Waals surface area contributed by atoms with Crippen LogP contribution in [0.15, 0.2) is 4.79 Å². The van der Waals surface area contributed by atoms with E-state index in [9.17, 15) is 4.79 Å². The molecule has 54 valence electrons. The molecule has 0 radical (unpaired) electrons. The number of aromatic amines is 1. The molecule has 0 aliphatic heterocycles. The van der Waals surface area contributed by atoms with E-state index in [1.54, 1.807) is 0 Å². The van der Waals surface area contributed by atoms with Crippen molar-refractivity contribution in [2.75, 3.05) is 0 Å². The van der Waals surface area contributed by atoms with Crippen molar-refractivity contribution in [1.29, 1.82) is 0 Å². The van der Waals surface area contributed by atoms with E-state index < -0.39 is 0 Å². The van der Waals surface area contributed by atoms with Gasteiger partial charge >= 0.3 is 5.69 Å². The maximum absolute atomic E-state index is 10.8. The van der Waals surface area contributed by atoms with Crippen LogP contribution in [-0.4, -0.2) is 20.2 Å². The first kappa shape index (κ1) is 5.64. The lowest BCUT2D eigenvalue weighted by Crippen LogP contribution is -2.17. The van der Waals surface area contributed by atoms with Crippen LogP contribution in [0, 0.1) is 5.92 Å². The van der Waals surface area contributed by atoms with Crippen molar-refractivity contribution in [3.8, 4) is 0 Å². The fourth-order valence-electron chi connectivity index (χ4n) is 1.07. The largest absolute Gasteiger partial charge is 0.361 e. The average Bonchev–Trinajstić information content (AvgIpc) is 2.42. The molecule has 5 nitrogen and oxygen atoms in total. The number of tetrazole rings is 1. The van der Waals surface area contributed by atoms with Gasteiger partial charge in [0, 0.05) is 0 Å². The first-order valence-electron chi connectivity index (χ1n) is 3.29. The number of aromatic nitrogens is 4. The number of nitrogens with zero attached hydrogens (tertiary/aromatic N) is 3. The Morgan fingerprint density at radius 1 is 1.80 bits per heavy atom. The third kappa shape index (κ3) is 0.665. The molecule has 0 aromatic carbocycles. The van der Waals surface area contributed by atoms with Gasteiger partial charge in [-0.05, 0) is 22.8 Å². The number of hydrogen-bond acceptors (Lipinski definition) is 3. The van der Waals surface area contributed by atoms with Gasteiger partial charge in [0.15, 0.2) is 0 Å². The van der Waals surface area contributed by atoms with E-state index in [0.29, 0.717) is 12.0 Å². The zero-order chi connectivity index (χ0) is 7.14. The molecule has 5 heteroatoms. The Labute approximate surface area is 57.0 Å². The second-order valence-corrected chi connectivity index (χ2v) is 2.73. The Hall–Kier alpha value is -1.13. The van der Waals surface area contributed by atoms with Gasteiger partial charge in [0.1, 0.15) is 0 Å². The standard InChI is InChI=1S/C5H8N4O/c1-3-2-4(3)9-5(10)6-7-8-9/h3-4H,2H2,1H3,(H,6,8,10). The third-order valence-corrected chi connectivity index (χ3v) is 1.88. The monoisotopic (exact) mass is 140 g/mol. The van der Waals surface area contributed by atoms with Crippen LogP contribution in [0.25, 0.3) is 0 Å². The maximum atomic E-state index is 10.8. The lowest BCUT2D eigenvalue weighted by molar-refractivity contribution is 0.564. The van der Waals surface area contributed by atoms with Gasteiger partial charge in [-0.1, -0.05) is 6.92 Å². The van der Waals surface area contributed by atoms with Gasteiger partial charge in [0.2, 0.25) is 0 Å². The maximum Gasteiger partial charge on any atom is 0.361 e. The predicted molar refractivity (Wildman–Crippen MR) is 33.5 cm³/mol. The quantitative estimate of drug-likeness (QED) is 0.574. The fourth-order valence-corrected chi connectivity index (χ4v) is 1.07. The van der Waals surface area contributed by atoms with E-state index in [2.05, 4.69) is 22.4 Å². The zero-order valence-corrected chi connectivity index (χ0v) is 5.61. The van der Waals surface area contributed by atoms with Crippen molar-refractivity contribution in [2.24, 2.45) is 5.92 Å². The highest BCUT2D eigenvalue weighted by Gasteiger charge is 2.36. The topological polar surface area (TPSA) is 63.6 Å². The molecule has 1 N–H and O–H groups in total. The van der Waals surface area contributed by atoms with Crippen molar-refractivity contribution in [3.05, 3.63) is 10.5 Å². The summed E-state index contributed by atoms with van der Waals surface area (Å²) in [4.78, 5) is 10.8. The summed E-state index contributed by atoms with van der Waals surface area (Å²) >= 11 is 0. The van der Waals surface area contributed by atoms with Crippen LogP contribution in [0.1, 0.15) is 19.4 Å². The number of nitrogens with one attached hydrogen (secondary N) is 1. The van der Waals surface area contributed by atoms with Crippen molar-refractivity contribution >= 4 is 0 Å². The predicted octanol–water partition coefficient (Wildman–Crippen LogP) is -0.453. The van der Waals surface area contributed by atoms with E-state index in [1.807, 2.05) is 0 Å². The minimum atomic E-state index is -0.200. The lowest BCUT2D eigenvalue weighted by Gasteiger charge is -1.89. The van der Waals surface area contributed by atoms with Crippen LogP contribution >= 0.6 is 0 Å². The van der Waals surface area contributed by atoms with Gasteiger partial charge in [-0.2, -0.15) is 4.68 Å². The van der Waals surface area contributed by atoms with Gasteiger partial charge in [-0.15, -0.1) is 0 Å². The molecule has 1 aliphatic rings. The van der Waals surface area contributed by atoms with E-state index >= 15 is 0 Å². The molecule has 1 heterocycles. The van der Waals surface area contributed by atoms with Crippen molar-refractivity contribution in [1.82, 2.24) is 20.2 Å². The van der Waals surface area contributed by atoms with Gasteiger partial charge in [-0.3, -0.25) is 0 Å². The first-order chi connectivity index (χ1) is 4.79. The Morgan fingerprint density at radius 3 is 2.90 bits per heavy atom.